The third-order valence-electron chi connectivity index (χ3n) is 5.16. The highest BCUT2D eigenvalue weighted by Gasteiger charge is 2.20. The summed E-state index contributed by atoms with van der Waals surface area (Å²) >= 11 is 0. The minimum Gasteiger partial charge on any atom is -0.491 e. The number of amides is 1. The molecule has 0 atom stereocenters. The zero-order valence-electron chi connectivity index (χ0n) is 16.1. The highest BCUT2D eigenvalue weighted by Crippen LogP contribution is 2.20. The summed E-state index contributed by atoms with van der Waals surface area (Å²) in [4.78, 5) is 17.7. The van der Waals surface area contributed by atoms with Crippen LogP contribution in [0.4, 0.5) is 0 Å². The number of carbonyl (C=O) groups excluding carboxylic acids is 1. The molecule has 146 valence electrons. The third kappa shape index (κ3) is 4.17. The van der Waals surface area contributed by atoms with Crippen molar-refractivity contribution >= 4 is 16.9 Å². The van der Waals surface area contributed by atoms with E-state index >= 15 is 0 Å². The van der Waals surface area contributed by atoms with Gasteiger partial charge in [0.1, 0.15) is 18.7 Å². The summed E-state index contributed by atoms with van der Waals surface area (Å²) in [6.07, 6.45) is 3.85. The van der Waals surface area contributed by atoms with E-state index in [1.807, 2.05) is 53.7 Å². The lowest BCUT2D eigenvalue weighted by atomic mass is 10.1. The van der Waals surface area contributed by atoms with E-state index < -0.39 is 0 Å². The van der Waals surface area contributed by atoms with Crippen LogP contribution >= 0.6 is 0 Å². The zero-order chi connectivity index (χ0) is 19.3. The van der Waals surface area contributed by atoms with Gasteiger partial charge in [-0.25, -0.2) is 4.98 Å². The Kier molecular flexibility index (Phi) is 5.58. The molecule has 1 saturated heterocycles. The van der Waals surface area contributed by atoms with Gasteiger partial charge < -0.3 is 14.4 Å². The van der Waals surface area contributed by atoms with Crippen molar-refractivity contribution in [2.45, 2.75) is 25.9 Å². The van der Waals surface area contributed by atoms with Crippen LogP contribution in [0.5, 0.6) is 5.75 Å². The summed E-state index contributed by atoms with van der Waals surface area (Å²) in [5.74, 6) is 0.970. The van der Waals surface area contributed by atoms with Crippen LogP contribution in [0.1, 0.15) is 19.8 Å². The first-order chi connectivity index (χ1) is 13.7. The molecular formula is C22H25N3O3. The van der Waals surface area contributed by atoms with E-state index in [1.165, 1.54) is 0 Å². The van der Waals surface area contributed by atoms with Gasteiger partial charge in [-0.05, 0) is 49.2 Å². The standard InChI is InChI=1S/C22H25N3O3/c1-17(26)24-12-10-20(11-13-24)28-15-14-27-19-8-6-18(7-9-19)25-16-23-21-4-2-3-5-22(21)25/h2-9,16,20H,10-15H2,1H3. The van der Waals surface area contributed by atoms with Crippen LogP contribution in [0, 0.1) is 0 Å². The molecule has 28 heavy (non-hydrogen) atoms. The Bertz CT molecular complexity index is 928. The Morgan fingerprint density at radius 1 is 1.07 bits per heavy atom. The Labute approximate surface area is 164 Å². The highest BCUT2D eigenvalue weighted by atomic mass is 16.5. The van der Waals surface area contributed by atoms with Crippen molar-refractivity contribution in [1.82, 2.24) is 14.5 Å². The number of imidazole rings is 1. The number of para-hydroxylation sites is 2. The molecule has 1 aromatic heterocycles. The second kappa shape index (κ2) is 8.44. The zero-order valence-corrected chi connectivity index (χ0v) is 16.1. The number of rotatable bonds is 6. The van der Waals surface area contributed by atoms with Crippen LogP contribution in [0.25, 0.3) is 16.7 Å². The maximum absolute atomic E-state index is 11.3. The van der Waals surface area contributed by atoms with Gasteiger partial charge in [0.05, 0.1) is 23.7 Å². The van der Waals surface area contributed by atoms with Crippen LogP contribution in [0.2, 0.25) is 0 Å². The van der Waals surface area contributed by atoms with Crippen molar-refractivity contribution in [3.05, 3.63) is 54.9 Å². The van der Waals surface area contributed by atoms with E-state index in [1.54, 1.807) is 6.92 Å². The van der Waals surface area contributed by atoms with Gasteiger partial charge in [-0.1, -0.05) is 12.1 Å². The summed E-state index contributed by atoms with van der Waals surface area (Å²) in [5, 5.41) is 0. The lowest BCUT2D eigenvalue weighted by Crippen LogP contribution is -2.40. The molecule has 0 unspecified atom stereocenters. The van der Waals surface area contributed by atoms with Crippen LogP contribution in [-0.4, -0.2) is 52.8 Å². The lowest BCUT2D eigenvalue weighted by Gasteiger charge is -2.31. The number of benzene rings is 2. The van der Waals surface area contributed by atoms with E-state index in [4.69, 9.17) is 9.47 Å². The van der Waals surface area contributed by atoms with E-state index in [0.29, 0.717) is 13.2 Å². The van der Waals surface area contributed by atoms with Crippen LogP contribution in [-0.2, 0) is 9.53 Å². The van der Waals surface area contributed by atoms with E-state index in [-0.39, 0.29) is 12.0 Å². The number of fused-ring (bicyclic) bond motifs is 1. The molecule has 6 nitrogen and oxygen atoms in total. The number of aromatic nitrogens is 2. The van der Waals surface area contributed by atoms with Gasteiger partial charge in [-0.3, -0.25) is 9.36 Å². The number of piperidine rings is 1. The molecule has 2 heterocycles. The first-order valence-electron chi connectivity index (χ1n) is 9.73. The quantitative estimate of drug-likeness (QED) is 0.616. The van der Waals surface area contributed by atoms with Gasteiger partial charge in [0.2, 0.25) is 5.91 Å². The minimum absolute atomic E-state index is 0.147. The molecule has 1 aliphatic heterocycles. The molecule has 0 bridgehead atoms. The fourth-order valence-corrected chi connectivity index (χ4v) is 3.58. The number of ether oxygens (including phenoxy) is 2. The predicted molar refractivity (Wildman–Crippen MR) is 108 cm³/mol. The summed E-state index contributed by atoms with van der Waals surface area (Å²) in [6.45, 7) is 4.25. The molecule has 0 aliphatic carbocycles. The van der Waals surface area contributed by atoms with E-state index in [9.17, 15) is 4.79 Å². The normalized spacial score (nSPS) is 15.1. The average molecular weight is 379 g/mol. The molecule has 6 heteroatoms. The predicted octanol–water partition coefficient (Wildman–Crippen LogP) is 3.43. The maximum atomic E-state index is 11.3. The monoisotopic (exact) mass is 379 g/mol. The summed E-state index contributed by atoms with van der Waals surface area (Å²) in [7, 11) is 0. The molecule has 3 aromatic rings. The number of hydrogen-bond donors (Lipinski definition) is 0. The van der Waals surface area contributed by atoms with Crippen LogP contribution < -0.4 is 4.74 Å². The van der Waals surface area contributed by atoms with Crippen molar-refractivity contribution in [3.8, 4) is 11.4 Å². The number of likely N-dealkylation sites (tertiary alicyclic amines) is 1. The Morgan fingerprint density at radius 2 is 1.82 bits per heavy atom. The molecule has 4 rings (SSSR count). The van der Waals surface area contributed by atoms with Crippen molar-refractivity contribution in [1.29, 1.82) is 0 Å². The van der Waals surface area contributed by atoms with Crippen molar-refractivity contribution in [2.24, 2.45) is 0 Å². The topological polar surface area (TPSA) is 56.6 Å². The van der Waals surface area contributed by atoms with Crippen molar-refractivity contribution in [2.75, 3.05) is 26.3 Å². The average Bonchev–Trinajstić information content (AvgIpc) is 3.16. The molecule has 0 radical (unpaired) electrons. The third-order valence-corrected chi connectivity index (χ3v) is 5.16. The highest BCUT2D eigenvalue weighted by molar-refractivity contribution is 5.77. The molecule has 2 aromatic carbocycles. The Morgan fingerprint density at radius 3 is 2.57 bits per heavy atom. The molecule has 0 saturated carbocycles. The molecular weight excluding hydrogens is 354 g/mol. The second-order valence-corrected chi connectivity index (χ2v) is 7.02. The lowest BCUT2D eigenvalue weighted by molar-refractivity contribution is -0.131. The molecule has 0 spiro atoms. The van der Waals surface area contributed by atoms with Crippen molar-refractivity contribution in [3.63, 3.8) is 0 Å². The number of carbonyl (C=O) groups is 1. The SMILES string of the molecule is CC(=O)N1CCC(OCCOc2ccc(-n3cnc4ccccc43)cc2)CC1. The van der Waals surface area contributed by atoms with Gasteiger partial charge >= 0.3 is 0 Å². The molecule has 0 N–H and O–H groups in total. The van der Waals surface area contributed by atoms with Gasteiger partial charge in [0, 0.05) is 25.7 Å². The summed E-state index contributed by atoms with van der Waals surface area (Å²) in [6, 6.07) is 16.1. The van der Waals surface area contributed by atoms with E-state index in [2.05, 4.69) is 15.6 Å². The van der Waals surface area contributed by atoms with Crippen molar-refractivity contribution < 1.29 is 14.3 Å². The number of hydrogen-bond acceptors (Lipinski definition) is 4. The number of nitrogens with zero attached hydrogens (tertiary/aromatic N) is 3. The first-order valence-corrected chi connectivity index (χ1v) is 9.73. The molecule has 1 aliphatic rings. The minimum atomic E-state index is 0.147. The molecule has 1 amide bonds. The fourth-order valence-electron chi connectivity index (χ4n) is 3.58. The summed E-state index contributed by atoms with van der Waals surface area (Å²) in [5.41, 5.74) is 3.11. The second-order valence-electron chi connectivity index (χ2n) is 7.02. The fraction of sp³-hybridized carbons (Fsp3) is 0.364. The maximum Gasteiger partial charge on any atom is 0.219 e. The molecule has 1 fully saturated rings. The van der Waals surface area contributed by atoms with Gasteiger partial charge in [-0.2, -0.15) is 0 Å². The Balaban J connectivity index is 1.25. The smallest absolute Gasteiger partial charge is 0.219 e. The van der Waals surface area contributed by atoms with Crippen LogP contribution in [0.3, 0.4) is 0 Å². The first kappa shape index (κ1) is 18.5. The van der Waals surface area contributed by atoms with Gasteiger partial charge in [0.15, 0.2) is 0 Å². The van der Waals surface area contributed by atoms with Gasteiger partial charge in [-0.15, -0.1) is 0 Å². The Hall–Kier alpha value is -2.86. The largest absolute Gasteiger partial charge is 0.491 e. The van der Waals surface area contributed by atoms with Gasteiger partial charge in [0.25, 0.3) is 0 Å². The van der Waals surface area contributed by atoms with E-state index in [0.717, 1.165) is 48.4 Å². The summed E-state index contributed by atoms with van der Waals surface area (Å²) < 4.78 is 13.8. The van der Waals surface area contributed by atoms with Crippen LogP contribution in [0.15, 0.2) is 54.9 Å².